The van der Waals surface area contributed by atoms with Crippen LogP contribution in [0.25, 0.3) is 11.0 Å². The zero-order chi connectivity index (χ0) is 13.9. The summed E-state index contributed by atoms with van der Waals surface area (Å²) in [7, 11) is 0. The third kappa shape index (κ3) is 2.73. The van der Waals surface area contributed by atoms with Crippen LogP contribution >= 0.6 is 0 Å². The van der Waals surface area contributed by atoms with Crippen LogP contribution in [0.5, 0.6) is 0 Å². The first-order chi connectivity index (χ1) is 9.09. The molecule has 2 rings (SSSR count). The Kier molecular flexibility index (Phi) is 3.79. The van der Waals surface area contributed by atoms with E-state index in [0.29, 0.717) is 11.1 Å². The molecule has 19 heavy (non-hydrogen) atoms. The van der Waals surface area contributed by atoms with Gasteiger partial charge in [0.2, 0.25) is 0 Å². The average molecular weight is 265 g/mol. The van der Waals surface area contributed by atoms with Gasteiger partial charge in [-0.3, -0.25) is 0 Å². The summed E-state index contributed by atoms with van der Waals surface area (Å²) in [5, 5.41) is 18.0. The molecule has 0 atom stereocenters. The number of fused-ring (bicyclic) bond motifs is 1. The van der Waals surface area contributed by atoms with E-state index >= 15 is 0 Å². The number of H-pyrrole nitrogens is 1. The molecule has 0 radical (unpaired) electrons. The van der Waals surface area contributed by atoms with Crippen molar-refractivity contribution in [1.29, 1.82) is 0 Å². The molecule has 0 amide bonds. The summed E-state index contributed by atoms with van der Waals surface area (Å²) in [4.78, 5) is 18.9. The number of aromatic nitrogens is 2. The number of rotatable bonds is 5. The van der Waals surface area contributed by atoms with Crippen molar-refractivity contribution < 1.29 is 19.7 Å². The predicted octanol–water partition coefficient (Wildman–Crippen LogP) is -0.598. The SMILES string of the molecule is NC(CO)(CO)COC(=O)c1cccc2[nH]cnc12. The normalized spacial score (nSPS) is 11.7. The molecule has 0 saturated carbocycles. The molecule has 102 valence electrons. The van der Waals surface area contributed by atoms with Crippen molar-refractivity contribution in [2.24, 2.45) is 5.73 Å². The van der Waals surface area contributed by atoms with E-state index in [1.54, 1.807) is 18.2 Å². The Morgan fingerprint density at radius 1 is 1.42 bits per heavy atom. The van der Waals surface area contributed by atoms with Gasteiger partial charge in [-0.1, -0.05) is 6.07 Å². The molecule has 1 heterocycles. The molecule has 0 unspecified atom stereocenters. The van der Waals surface area contributed by atoms with Crippen LogP contribution in [0.4, 0.5) is 0 Å². The smallest absolute Gasteiger partial charge is 0.340 e. The number of esters is 1. The third-order valence-electron chi connectivity index (χ3n) is 2.79. The highest BCUT2D eigenvalue weighted by molar-refractivity contribution is 6.01. The zero-order valence-electron chi connectivity index (χ0n) is 10.2. The molecule has 0 aliphatic heterocycles. The number of aliphatic hydroxyl groups is 2. The van der Waals surface area contributed by atoms with Gasteiger partial charge in [0, 0.05) is 0 Å². The Hall–Kier alpha value is -1.96. The monoisotopic (exact) mass is 265 g/mol. The van der Waals surface area contributed by atoms with Crippen LogP contribution in [0.3, 0.4) is 0 Å². The number of hydrogen-bond donors (Lipinski definition) is 4. The van der Waals surface area contributed by atoms with Gasteiger partial charge in [0.1, 0.15) is 12.1 Å². The van der Waals surface area contributed by atoms with Gasteiger partial charge in [-0.05, 0) is 12.1 Å². The first kappa shape index (κ1) is 13.5. The van der Waals surface area contributed by atoms with Crippen LogP contribution < -0.4 is 5.73 Å². The molecular formula is C12H15N3O4. The molecule has 0 bridgehead atoms. The second-order valence-electron chi connectivity index (χ2n) is 4.36. The summed E-state index contributed by atoms with van der Waals surface area (Å²) in [6, 6.07) is 5.07. The minimum Gasteiger partial charge on any atom is -0.460 e. The maximum atomic E-state index is 11.9. The number of benzene rings is 1. The summed E-state index contributed by atoms with van der Waals surface area (Å²) in [6.07, 6.45) is 1.48. The summed E-state index contributed by atoms with van der Waals surface area (Å²) in [5.74, 6) is -0.602. The highest BCUT2D eigenvalue weighted by Crippen LogP contribution is 2.16. The summed E-state index contributed by atoms with van der Waals surface area (Å²) in [6.45, 7) is -1.24. The van der Waals surface area contributed by atoms with Crippen LogP contribution in [0.1, 0.15) is 10.4 Å². The molecule has 7 heteroatoms. The van der Waals surface area contributed by atoms with Gasteiger partial charge in [0.25, 0.3) is 0 Å². The number of nitrogens with two attached hydrogens (primary N) is 1. The van der Waals surface area contributed by atoms with Crippen molar-refractivity contribution in [3.8, 4) is 0 Å². The molecular weight excluding hydrogens is 250 g/mol. The quantitative estimate of drug-likeness (QED) is 0.536. The van der Waals surface area contributed by atoms with Crippen molar-refractivity contribution in [2.75, 3.05) is 19.8 Å². The first-order valence-electron chi connectivity index (χ1n) is 5.69. The number of aliphatic hydroxyl groups excluding tert-OH is 2. The van der Waals surface area contributed by atoms with E-state index in [1.807, 2.05) is 0 Å². The predicted molar refractivity (Wildman–Crippen MR) is 67.5 cm³/mol. The zero-order valence-corrected chi connectivity index (χ0v) is 10.2. The van der Waals surface area contributed by atoms with Gasteiger partial charge in [-0.25, -0.2) is 9.78 Å². The average Bonchev–Trinajstić information content (AvgIpc) is 2.92. The number of nitrogens with one attached hydrogen (secondary N) is 1. The lowest BCUT2D eigenvalue weighted by molar-refractivity contribution is 0.0211. The Labute approximate surface area is 109 Å². The number of nitrogens with zero attached hydrogens (tertiary/aromatic N) is 1. The molecule has 7 nitrogen and oxygen atoms in total. The number of aromatic amines is 1. The van der Waals surface area contributed by atoms with Gasteiger partial charge in [0.05, 0.1) is 36.2 Å². The standard InChI is InChI=1S/C12H15N3O4/c13-12(4-16,5-17)6-19-11(18)8-2-1-3-9-10(8)15-7-14-9/h1-3,7,16-17H,4-6,13H2,(H,14,15). The Morgan fingerprint density at radius 2 is 2.16 bits per heavy atom. The second kappa shape index (κ2) is 5.35. The van der Waals surface area contributed by atoms with E-state index in [9.17, 15) is 4.79 Å². The van der Waals surface area contributed by atoms with E-state index in [-0.39, 0.29) is 6.61 Å². The molecule has 0 aliphatic carbocycles. The minimum absolute atomic E-state index is 0.278. The molecule has 1 aromatic heterocycles. The van der Waals surface area contributed by atoms with Gasteiger partial charge in [0.15, 0.2) is 0 Å². The number of carbonyl (C=O) groups is 1. The molecule has 2 aromatic rings. The summed E-state index contributed by atoms with van der Waals surface area (Å²) >= 11 is 0. The van der Waals surface area contributed by atoms with Crippen molar-refractivity contribution in [2.45, 2.75) is 5.54 Å². The Bertz CT molecular complexity index is 577. The van der Waals surface area contributed by atoms with Gasteiger partial charge in [-0.2, -0.15) is 0 Å². The fraction of sp³-hybridized carbons (Fsp3) is 0.333. The fourth-order valence-corrected chi connectivity index (χ4v) is 1.56. The molecule has 5 N–H and O–H groups in total. The van der Waals surface area contributed by atoms with E-state index in [2.05, 4.69) is 9.97 Å². The lowest BCUT2D eigenvalue weighted by Gasteiger charge is -2.23. The number of para-hydroxylation sites is 1. The molecule has 0 aliphatic rings. The Morgan fingerprint density at radius 3 is 2.84 bits per heavy atom. The third-order valence-corrected chi connectivity index (χ3v) is 2.79. The highest BCUT2D eigenvalue weighted by atomic mass is 16.5. The summed E-state index contributed by atoms with van der Waals surface area (Å²) in [5.41, 5.74) is 5.80. The van der Waals surface area contributed by atoms with Crippen LogP contribution in [0.2, 0.25) is 0 Å². The maximum absolute atomic E-state index is 11.9. The van der Waals surface area contributed by atoms with E-state index in [4.69, 9.17) is 20.7 Å². The lowest BCUT2D eigenvalue weighted by Crippen LogP contribution is -2.51. The van der Waals surface area contributed by atoms with Crippen LogP contribution in [-0.4, -0.2) is 51.5 Å². The number of ether oxygens (including phenoxy) is 1. The second-order valence-corrected chi connectivity index (χ2v) is 4.36. The minimum atomic E-state index is -1.34. The number of imidazole rings is 1. The van der Waals surface area contributed by atoms with E-state index < -0.39 is 24.7 Å². The van der Waals surface area contributed by atoms with Crippen molar-refractivity contribution in [1.82, 2.24) is 9.97 Å². The number of hydrogen-bond acceptors (Lipinski definition) is 6. The topological polar surface area (TPSA) is 121 Å². The van der Waals surface area contributed by atoms with Crippen LogP contribution in [0, 0.1) is 0 Å². The van der Waals surface area contributed by atoms with Gasteiger partial charge in [-0.15, -0.1) is 0 Å². The maximum Gasteiger partial charge on any atom is 0.340 e. The molecule has 0 fully saturated rings. The first-order valence-corrected chi connectivity index (χ1v) is 5.69. The molecule has 0 spiro atoms. The van der Waals surface area contributed by atoms with E-state index in [0.717, 1.165) is 5.52 Å². The molecule has 0 saturated heterocycles. The lowest BCUT2D eigenvalue weighted by atomic mass is 10.1. The van der Waals surface area contributed by atoms with Crippen molar-refractivity contribution >= 4 is 17.0 Å². The van der Waals surface area contributed by atoms with Crippen LogP contribution in [-0.2, 0) is 4.74 Å². The van der Waals surface area contributed by atoms with Gasteiger partial charge >= 0.3 is 5.97 Å². The number of carbonyl (C=O) groups excluding carboxylic acids is 1. The fourth-order valence-electron chi connectivity index (χ4n) is 1.56. The van der Waals surface area contributed by atoms with E-state index in [1.165, 1.54) is 6.33 Å². The van der Waals surface area contributed by atoms with Crippen molar-refractivity contribution in [3.05, 3.63) is 30.1 Å². The van der Waals surface area contributed by atoms with Gasteiger partial charge < -0.3 is 25.7 Å². The van der Waals surface area contributed by atoms with Crippen molar-refractivity contribution in [3.63, 3.8) is 0 Å². The molecule has 1 aromatic carbocycles. The van der Waals surface area contributed by atoms with Crippen LogP contribution in [0.15, 0.2) is 24.5 Å². The Balaban J connectivity index is 2.14. The largest absolute Gasteiger partial charge is 0.460 e. The highest BCUT2D eigenvalue weighted by Gasteiger charge is 2.26. The summed E-state index contributed by atoms with van der Waals surface area (Å²) < 4.78 is 5.01.